The van der Waals surface area contributed by atoms with Crippen LogP contribution in [0.4, 0.5) is 5.69 Å². The molecule has 1 aromatic carbocycles. The molecule has 3 heterocycles. The molecule has 3 aliphatic carbocycles. The van der Waals surface area contributed by atoms with Gasteiger partial charge in [0.15, 0.2) is 5.78 Å². The van der Waals surface area contributed by atoms with Gasteiger partial charge in [0.25, 0.3) is 0 Å². The highest BCUT2D eigenvalue weighted by molar-refractivity contribution is 5.88. The largest absolute Gasteiger partial charge is 0.469 e. The molecular formula is C24H26N2O3. The van der Waals surface area contributed by atoms with Crippen molar-refractivity contribution >= 4 is 17.4 Å². The summed E-state index contributed by atoms with van der Waals surface area (Å²) in [4.78, 5) is 27.4. The van der Waals surface area contributed by atoms with Crippen LogP contribution < -0.4 is 5.32 Å². The molecule has 1 N–H and O–H groups in total. The Morgan fingerprint density at radius 3 is 2.86 bits per heavy atom. The maximum atomic E-state index is 13.0. The van der Waals surface area contributed by atoms with Crippen LogP contribution in [-0.2, 0) is 19.7 Å². The molecular weight excluding hydrogens is 364 g/mol. The molecule has 5 nitrogen and oxygen atoms in total. The van der Waals surface area contributed by atoms with Gasteiger partial charge in [-0.15, -0.1) is 0 Å². The third-order valence-electron chi connectivity index (χ3n) is 8.55. The second-order valence-corrected chi connectivity index (χ2v) is 9.49. The Labute approximate surface area is 170 Å². The molecule has 3 aliphatic heterocycles. The van der Waals surface area contributed by atoms with Crippen LogP contribution >= 0.6 is 0 Å². The Bertz CT molecular complexity index is 1010. The van der Waals surface area contributed by atoms with Gasteiger partial charge in [0.1, 0.15) is 0 Å². The van der Waals surface area contributed by atoms with Crippen molar-refractivity contribution in [2.75, 3.05) is 19.0 Å². The zero-order valence-electron chi connectivity index (χ0n) is 16.9. The topological polar surface area (TPSA) is 58.6 Å². The third kappa shape index (κ3) is 1.79. The van der Waals surface area contributed by atoms with Crippen molar-refractivity contribution in [2.24, 2.45) is 11.3 Å². The van der Waals surface area contributed by atoms with Gasteiger partial charge in [-0.2, -0.15) is 0 Å². The van der Waals surface area contributed by atoms with Crippen LogP contribution in [0.15, 0.2) is 48.2 Å². The summed E-state index contributed by atoms with van der Waals surface area (Å²) in [6.45, 7) is 2.52. The van der Waals surface area contributed by atoms with E-state index in [1.807, 2.05) is 0 Å². The first kappa shape index (κ1) is 17.3. The minimum atomic E-state index is -0.322. The lowest BCUT2D eigenvalue weighted by Gasteiger charge is -2.67. The van der Waals surface area contributed by atoms with Crippen LogP contribution in [0.25, 0.3) is 0 Å². The molecule has 0 unspecified atom stereocenters. The fraction of sp³-hybridized carbons (Fsp3) is 0.500. The summed E-state index contributed by atoms with van der Waals surface area (Å²) in [6, 6.07) is 8.84. The number of ether oxygens (including phenoxy) is 1. The summed E-state index contributed by atoms with van der Waals surface area (Å²) in [6.07, 6.45) is 9.99. The molecule has 150 valence electrons. The monoisotopic (exact) mass is 390 g/mol. The van der Waals surface area contributed by atoms with Gasteiger partial charge in [-0.05, 0) is 50.3 Å². The van der Waals surface area contributed by atoms with Gasteiger partial charge in [-0.3, -0.25) is 9.59 Å². The lowest BCUT2D eigenvalue weighted by Crippen LogP contribution is -2.76. The number of carbonyl (C=O) groups excluding carboxylic acids is 2. The number of benzene rings is 1. The second-order valence-electron chi connectivity index (χ2n) is 9.49. The standard InChI is InChI=1S/C24H26N2O3/c1-15(27)13-16-7-8-22-9-10-24(18(14-22)20(28)29-2)23(11-12-26(16)21(22)23)17-5-3-4-6-19(17)25-24/h3-8,13,18,21,25H,9-12,14H2,1-2H3/t18-,21-,22+,23+,24+/m0/s1. The average Bonchev–Trinajstić information content (AvgIpc) is 3.28. The highest BCUT2D eigenvalue weighted by Crippen LogP contribution is 2.73. The summed E-state index contributed by atoms with van der Waals surface area (Å²) < 4.78 is 5.32. The van der Waals surface area contributed by atoms with Crippen LogP contribution in [0.2, 0.25) is 0 Å². The predicted octanol–water partition coefficient (Wildman–Crippen LogP) is 3.18. The van der Waals surface area contributed by atoms with E-state index in [1.54, 1.807) is 13.0 Å². The molecule has 1 saturated heterocycles. The second kappa shape index (κ2) is 5.32. The number of para-hydroxylation sites is 1. The Morgan fingerprint density at radius 1 is 1.24 bits per heavy atom. The number of hydrogen-bond donors (Lipinski definition) is 1. The zero-order valence-corrected chi connectivity index (χ0v) is 16.9. The highest BCUT2D eigenvalue weighted by Gasteiger charge is 2.79. The smallest absolute Gasteiger partial charge is 0.311 e. The van der Waals surface area contributed by atoms with Crippen molar-refractivity contribution in [3.05, 3.63) is 53.8 Å². The molecule has 6 aliphatic rings. The van der Waals surface area contributed by atoms with Crippen LogP contribution in [0.1, 0.15) is 38.2 Å². The van der Waals surface area contributed by atoms with Crippen LogP contribution in [0, 0.1) is 11.3 Å². The van der Waals surface area contributed by atoms with Crippen molar-refractivity contribution in [2.45, 2.75) is 49.6 Å². The minimum Gasteiger partial charge on any atom is -0.469 e. The first-order valence-electron chi connectivity index (χ1n) is 10.6. The van der Waals surface area contributed by atoms with Crippen LogP contribution in [0.3, 0.4) is 0 Å². The Kier molecular flexibility index (Phi) is 3.18. The van der Waals surface area contributed by atoms with Crippen LogP contribution in [0.5, 0.6) is 0 Å². The summed E-state index contributed by atoms with van der Waals surface area (Å²) >= 11 is 0. The normalized spacial score (nSPS) is 41.6. The zero-order chi connectivity index (χ0) is 20.0. The van der Waals surface area contributed by atoms with Gasteiger partial charge in [0.2, 0.25) is 0 Å². The van der Waals surface area contributed by atoms with E-state index in [1.165, 1.54) is 12.7 Å². The lowest BCUT2D eigenvalue weighted by molar-refractivity contribution is -0.161. The molecule has 0 amide bonds. The summed E-state index contributed by atoms with van der Waals surface area (Å²) in [5, 5.41) is 3.87. The predicted molar refractivity (Wildman–Crippen MR) is 109 cm³/mol. The van der Waals surface area contributed by atoms with Crippen molar-refractivity contribution in [3.63, 3.8) is 0 Å². The van der Waals surface area contributed by atoms with Crippen molar-refractivity contribution in [1.29, 1.82) is 0 Å². The molecule has 0 radical (unpaired) electrons. The molecule has 1 aromatic rings. The fourth-order valence-corrected chi connectivity index (χ4v) is 7.78. The molecule has 2 bridgehead atoms. The van der Waals surface area contributed by atoms with E-state index >= 15 is 0 Å². The Hall–Kier alpha value is -2.56. The van der Waals surface area contributed by atoms with Crippen molar-refractivity contribution in [3.8, 4) is 0 Å². The highest BCUT2D eigenvalue weighted by atomic mass is 16.5. The van der Waals surface area contributed by atoms with Crippen molar-refractivity contribution in [1.82, 2.24) is 4.90 Å². The number of methoxy groups -OCH3 is 1. The molecule has 7 rings (SSSR count). The Morgan fingerprint density at radius 2 is 2.07 bits per heavy atom. The number of carbonyl (C=O) groups is 2. The lowest BCUT2D eigenvalue weighted by atomic mass is 9.39. The summed E-state index contributed by atoms with van der Waals surface area (Å²) in [7, 11) is 1.51. The number of ketones is 1. The van der Waals surface area contributed by atoms with Gasteiger partial charge in [-0.1, -0.05) is 24.3 Å². The molecule has 5 heteroatoms. The number of hydrogen-bond acceptors (Lipinski definition) is 5. The number of fused-ring (bicyclic) bond motifs is 3. The average molecular weight is 390 g/mol. The number of nitrogens with zero attached hydrogens (tertiary/aromatic N) is 1. The number of allylic oxidation sites excluding steroid dienone is 2. The van der Waals surface area contributed by atoms with Gasteiger partial charge in [0, 0.05) is 34.8 Å². The maximum Gasteiger partial charge on any atom is 0.311 e. The van der Waals surface area contributed by atoms with Gasteiger partial charge in [0.05, 0.1) is 24.6 Å². The number of esters is 1. The van der Waals surface area contributed by atoms with E-state index in [9.17, 15) is 9.59 Å². The SMILES string of the molecule is COC(=O)[C@@H]1C[C@@]23C=CC(=CC(C)=O)N4CC[C@@]5(c6ccccc6N[C@]15CC2)[C@@H]43. The van der Waals surface area contributed by atoms with E-state index < -0.39 is 0 Å². The number of anilines is 1. The third-order valence-corrected chi connectivity index (χ3v) is 8.55. The molecule has 4 fully saturated rings. The van der Waals surface area contributed by atoms with E-state index in [0.717, 1.165) is 43.6 Å². The number of nitrogens with one attached hydrogen (secondary N) is 1. The van der Waals surface area contributed by atoms with Crippen molar-refractivity contribution < 1.29 is 14.3 Å². The van der Waals surface area contributed by atoms with E-state index in [2.05, 4.69) is 46.6 Å². The molecule has 5 atom stereocenters. The van der Waals surface area contributed by atoms with Crippen LogP contribution in [-0.4, -0.2) is 41.9 Å². The van der Waals surface area contributed by atoms with Gasteiger partial charge >= 0.3 is 5.97 Å². The first-order chi connectivity index (χ1) is 14.0. The van der Waals surface area contributed by atoms with Gasteiger partial charge < -0.3 is 15.0 Å². The molecule has 3 spiro atoms. The maximum absolute atomic E-state index is 13.0. The summed E-state index contributed by atoms with van der Waals surface area (Å²) in [5.74, 6) is -0.193. The first-order valence-corrected chi connectivity index (χ1v) is 10.6. The van der Waals surface area contributed by atoms with E-state index in [0.29, 0.717) is 0 Å². The van der Waals surface area contributed by atoms with E-state index in [-0.39, 0.29) is 40.1 Å². The molecule has 3 saturated carbocycles. The van der Waals surface area contributed by atoms with E-state index in [4.69, 9.17) is 4.74 Å². The summed E-state index contributed by atoms with van der Waals surface area (Å²) in [5.41, 5.74) is 2.98. The molecule has 29 heavy (non-hydrogen) atoms. The quantitative estimate of drug-likeness (QED) is 0.621. The Balaban J connectivity index is 1.64. The fourth-order valence-electron chi connectivity index (χ4n) is 7.78. The van der Waals surface area contributed by atoms with Gasteiger partial charge in [-0.25, -0.2) is 0 Å². The molecule has 0 aromatic heterocycles. The number of rotatable bonds is 2. The minimum absolute atomic E-state index is 0.0651.